The van der Waals surface area contributed by atoms with E-state index >= 15 is 0 Å². The molecule has 1 aromatic rings. The van der Waals surface area contributed by atoms with E-state index < -0.39 is 5.91 Å². The van der Waals surface area contributed by atoms with Gasteiger partial charge in [0, 0.05) is 18.8 Å². The highest BCUT2D eigenvalue weighted by atomic mass is 16.1. The summed E-state index contributed by atoms with van der Waals surface area (Å²) < 4.78 is 0. The number of amides is 1. The fourth-order valence-corrected chi connectivity index (χ4v) is 1.71. The third-order valence-electron chi connectivity index (χ3n) is 2.76. The zero-order valence-corrected chi connectivity index (χ0v) is 8.73. The average Bonchev–Trinajstić information content (AvgIpc) is 2.99. The quantitative estimate of drug-likeness (QED) is 0.722. The molecule has 1 aliphatic rings. The van der Waals surface area contributed by atoms with Crippen molar-refractivity contribution in [1.82, 2.24) is 0 Å². The number of anilines is 2. The monoisotopic (exact) mass is 205 g/mol. The number of primary amides is 1. The molecule has 0 aromatic heterocycles. The first kappa shape index (κ1) is 9.83. The molecule has 80 valence electrons. The molecule has 0 spiro atoms. The molecule has 4 heteroatoms. The van der Waals surface area contributed by atoms with Gasteiger partial charge >= 0.3 is 0 Å². The van der Waals surface area contributed by atoms with E-state index in [0.717, 1.165) is 5.69 Å². The van der Waals surface area contributed by atoms with Crippen LogP contribution in [0.1, 0.15) is 23.2 Å². The molecule has 1 amide bonds. The van der Waals surface area contributed by atoms with E-state index in [0.29, 0.717) is 17.3 Å². The number of rotatable bonds is 3. The first-order valence-electron chi connectivity index (χ1n) is 5.02. The summed E-state index contributed by atoms with van der Waals surface area (Å²) in [6.45, 7) is 0. The second-order valence-electron chi connectivity index (χ2n) is 3.98. The molecule has 4 N–H and O–H groups in total. The summed E-state index contributed by atoms with van der Waals surface area (Å²) in [5.74, 6) is -0.405. The minimum atomic E-state index is -0.405. The van der Waals surface area contributed by atoms with Crippen LogP contribution in [0.25, 0.3) is 0 Å². The number of nitrogen functional groups attached to an aromatic ring is 1. The maximum atomic E-state index is 11.2. The molecule has 1 fully saturated rings. The van der Waals surface area contributed by atoms with E-state index in [1.807, 2.05) is 7.05 Å². The molecule has 1 aliphatic carbocycles. The summed E-state index contributed by atoms with van der Waals surface area (Å²) in [7, 11) is 1.97. The van der Waals surface area contributed by atoms with E-state index in [1.165, 1.54) is 12.8 Å². The number of hydrogen-bond donors (Lipinski definition) is 2. The van der Waals surface area contributed by atoms with Crippen molar-refractivity contribution in [3.05, 3.63) is 23.8 Å². The van der Waals surface area contributed by atoms with Gasteiger partial charge in [0.1, 0.15) is 0 Å². The number of nitrogens with zero attached hydrogens (tertiary/aromatic N) is 1. The van der Waals surface area contributed by atoms with Crippen molar-refractivity contribution in [3.63, 3.8) is 0 Å². The second kappa shape index (κ2) is 3.46. The molecule has 2 rings (SSSR count). The van der Waals surface area contributed by atoms with Gasteiger partial charge in [-0.05, 0) is 31.0 Å². The van der Waals surface area contributed by atoms with Gasteiger partial charge in [-0.1, -0.05) is 0 Å². The van der Waals surface area contributed by atoms with Crippen molar-refractivity contribution in [2.75, 3.05) is 17.7 Å². The van der Waals surface area contributed by atoms with Gasteiger partial charge in [0.05, 0.1) is 11.3 Å². The van der Waals surface area contributed by atoms with Crippen molar-refractivity contribution < 1.29 is 4.79 Å². The highest BCUT2D eigenvalue weighted by Gasteiger charge is 2.28. The van der Waals surface area contributed by atoms with Crippen LogP contribution in [0.15, 0.2) is 18.2 Å². The third kappa shape index (κ3) is 1.88. The lowest BCUT2D eigenvalue weighted by Gasteiger charge is -2.21. The minimum absolute atomic E-state index is 0.405. The molecule has 1 saturated carbocycles. The summed E-state index contributed by atoms with van der Waals surface area (Å²) in [6.07, 6.45) is 2.34. The maximum Gasteiger partial charge on any atom is 0.250 e. The predicted molar refractivity (Wildman–Crippen MR) is 60.8 cm³/mol. The smallest absolute Gasteiger partial charge is 0.250 e. The zero-order valence-electron chi connectivity index (χ0n) is 8.73. The number of hydrogen-bond acceptors (Lipinski definition) is 3. The summed E-state index contributed by atoms with van der Waals surface area (Å²) in [6, 6.07) is 5.72. The van der Waals surface area contributed by atoms with E-state index in [-0.39, 0.29) is 0 Å². The number of benzene rings is 1. The molecule has 0 radical (unpaired) electrons. The van der Waals surface area contributed by atoms with Crippen LogP contribution in [0.3, 0.4) is 0 Å². The van der Waals surface area contributed by atoms with Gasteiger partial charge in [-0.25, -0.2) is 0 Å². The van der Waals surface area contributed by atoms with E-state index in [2.05, 4.69) is 4.90 Å². The molecule has 4 nitrogen and oxygen atoms in total. The fourth-order valence-electron chi connectivity index (χ4n) is 1.71. The van der Waals surface area contributed by atoms with Crippen molar-refractivity contribution in [2.24, 2.45) is 5.73 Å². The van der Waals surface area contributed by atoms with Gasteiger partial charge in [-0.2, -0.15) is 0 Å². The third-order valence-corrected chi connectivity index (χ3v) is 2.76. The van der Waals surface area contributed by atoms with E-state index in [1.54, 1.807) is 18.2 Å². The van der Waals surface area contributed by atoms with Crippen LogP contribution in [0.5, 0.6) is 0 Å². The molecule has 0 aliphatic heterocycles. The van der Waals surface area contributed by atoms with Crippen LogP contribution in [0, 0.1) is 0 Å². The maximum absolute atomic E-state index is 11.2. The fraction of sp³-hybridized carbons (Fsp3) is 0.364. The lowest BCUT2D eigenvalue weighted by molar-refractivity contribution is 0.100. The lowest BCUT2D eigenvalue weighted by Crippen LogP contribution is -2.24. The topological polar surface area (TPSA) is 72.3 Å². The summed E-state index contributed by atoms with van der Waals surface area (Å²) in [5, 5.41) is 0. The molecular formula is C11H15N3O. The zero-order chi connectivity index (χ0) is 11.0. The number of carbonyl (C=O) groups excluding carboxylic acids is 1. The molecule has 0 saturated heterocycles. The van der Waals surface area contributed by atoms with Crippen LogP contribution in [0.2, 0.25) is 0 Å². The lowest BCUT2D eigenvalue weighted by atomic mass is 10.1. The molecule has 0 unspecified atom stereocenters. The van der Waals surface area contributed by atoms with Gasteiger partial charge in [0.25, 0.3) is 5.91 Å². The van der Waals surface area contributed by atoms with E-state index in [9.17, 15) is 4.79 Å². The average molecular weight is 205 g/mol. The second-order valence-corrected chi connectivity index (χ2v) is 3.98. The molecule has 15 heavy (non-hydrogen) atoms. The number of nitrogens with two attached hydrogens (primary N) is 2. The summed E-state index contributed by atoms with van der Waals surface area (Å²) >= 11 is 0. The summed E-state index contributed by atoms with van der Waals surface area (Å²) in [5.41, 5.74) is 13.1. The van der Waals surface area contributed by atoms with Crippen LogP contribution in [-0.2, 0) is 0 Å². The molecule has 0 atom stereocenters. The Bertz CT molecular complexity index is 399. The Balaban J connectivity index is 2.41. The van der Waals surface area contributed by atoms with Crippen LogP contribution < -0.4 is 16.4 Å². The van der Waals surface area contributed by atoms with Gasteiger partial charge in [0.15, 0.2) is 0 Å². The SMILES string of the molecule is CN(c1cc(N)ccc1C(N)=O)C1CC1. The van der Waals surface area contributed by atoms with Gasteiger partial charge in [-0.15, -0.1) is 0 Å². The predicted octanol–water partition coefficient (Wildman–Crippen LogP) is 0.966. The van der Waals surface area contributed by atoms with Gasteiger partial charge in [-0.3, -0.25) is 4.79 Å². The molecule has 1 aromatic carbocycles. The Kier molecular flexibility index (Phi) is 2.26. The van der Waals surface area contributed by atoms with Gasteiger partial charge in [0.2, 0.25) is 0 Å². The highest BCUT2D eigenvalue weighted by Crippen LogP contribution is 2.33. The first-order chi connectivity index (χ1) is 7.09. The van der Waals surface area contributed by atoms with Crippen LogP contribution in [0.4, 0.5) is 11.4 Å². The van der Waals surface area contributed by atoms with Crippen LogP contribution in [-0.4, -0.2) is 19.0 Å². The van der Waals surface area contributed by atoms with E-state index in [4.69, 9.17) is 11.5 Å². The van der Waals surface area contributed by atoms with Crippen LogP contribution >= 0.6 is 0 Å². The Morgan fingerprint density at radius 1 is 1.47 bits per heavy atom. The summed E-state index contributed by atoms with van der Waals surface area (Å²) in [4.78, 5) is 13.3. The van der Waals surface area contributed by atoms with Crippen molar-refractivity contribution in [2.45, 2.75) is 18.9 Å². The Morgan fingerprint density at radius 3 is 2.67 bits per heavy atom. The highest BCUT2D eigenvalue weighted by molar-refractivity contribution is 5.99. The first-order valence-corrected chi connectivity index (χ1v) is 5.02. The molecular weight excluding hydrogens is 190 g/mol. The Morgan fingerprint density at radius 2 is 2.13 bits per heavy atom. The Hall–Kier alpha value is -1.71. The largest absolute Gasteiger partial charge is 0.399 e. The molecule has 0 heterocycles. The normalized spacial score (nSPS) is 15.0. The molecule has 0 bridgehead atoms. The standard InChI is InChI=1S/C11H15N3O/c1-14(8-3-4-8)10-6-7(12)2-5-9(10)11(13)15/h2,5-6,8H,3-4,12H2,1H3,(H2,13,15). The number of carbonyl (C=O) groups is 1. The van der Waals surface area contributed by atoms with Crippen molar-refractivity contribution >= 4 is 17.3 Å². The van der Waals surface area contributed by atoms with Crippen molar-refractivity contribution in [3.8, 4) is 0 Å². The minimum Gasteiger partial charge on any atom is -0.399 e. The van der Waals surface area contributed by atoms with Gasteiger partial charge < -0.3 is 16.4 Å². The Labute approximate surface area is 88.9 Å². The van der Waals surface area contributed by atoms with Crippen molar-refractivity contribution in [1.29, 1.82) is 0 Å².